The molecule has 0 amide bonds. The summed E-state index contributed by atoms with van der Waals surface area (Å²) in [6, 6.07) is 12.2. The first kappa shape index (κ1) is 16.7. The molecule has 0 N–H and O–H groups in total. The fourth-order valence-corrected chi connectivity index (χ4v) is 5.49. The molecule has 1 unspecified atom stereocenters. The van der Waals surface area contributed by atoms with E-state index in [0.29, 0.717) is 0 Å². The van der Waals surface area contributed by atoms with Crippen molar-refractivity contribution >= 4 is 10.8 Å². The first-order chi connectivity index (χ1) is 12.7. The molecule has 0 radical (unpaired) electrons. The predicted molar refractivity (Wildman–Crippen MR) is 109 cm³/mol. The van der Waals surface area contributed by atoms with Crippen molar-refractivity contribution in [2.45, 2.75) is 51.0 Å². The number of nitrogens with zero attached hydrogens (tertiary/aromatic N) is 1. The summed E-state index contributed by atoms with van der Waals surface area (Å²) in [5.41, 5.74) is 4.50. The lowest BCUT2D eigenvalue weighted by molar-refractivity contribution is -0.750. The highest BCUT2D eigenvalue weighted by molar-refractivity contribution is 6.01. The Labute approximate surface area is 160 Å². The highest BCUT2D eigenvalue weighted by atomic mass is 19.1. The maximum absolute atomic E-state index is 15.3. The largest absolute Gasteiger partial charge is 0.222 e. The van der Waals surface area contributed by atoms with E-state index in [1.54, 1.807) is 6.07 Å². The van der Waals surface area contributed by atoms with Crippen LogP contribution in [0, 0.1) is 5.82 Å². The van der Waals surface area contributed by atoms with E-state index in [1.165, 1.54) is 21.9 Å². The van der Waals surface area contributed by atoms with Crippen LogP contribution >= 0.6 is 0 Å². The van der Waals surface area contributed by atoms with Gasteiger partial charge in [-0.1, -0.05) is 44.7 Å². The van der Waals surface area contributed by atoms with E-state index in [1.807, 2.05) is 12.1 Å². The summed E-state index contributed by atoms with van der Waals surface area (Å²) in [5.74, 6) is -0.116. The van der Waals surface area contributed by atoms with Crippen LogP contribution in [-0.4, -0.2) is 0 Å². The minimum absolute atomic E-state index is 0.116. The van der Waals surface area contributed by atoms with Crippen molar-refractivity contribution in [1.29, 1.82) is 0 Å². The van der Waals surface area contributed by atoms with Crippen LogP contribution in [0.15, 0.2) is 55.3 Å². The van der Waals surface area contributed by atoms with Crippen molar-refractivity contribution in [2.24, 2.45) is 0 Å². The Balaban J connectivity index is 2.15. The molecule has 0 bridgehead atoms. The standard InChI is InChI=1S/C25H25FN/c1-7-25(6)24(4,5)17-11-12-18(26)21-20(17)22-19-15(13-14-27(22)25)9-8-10-16(19)23(21,2)3/h7-14H,1H2,2-6H3/q+1. The van der Waals surface area contributed by atoms with Gasteiger partial charge in [0.1, 0.15) is 5.82 Å². The van der Waals surface area contributed by atoms with Crippen LogP contribution < -0.4 is 4.57 Å². The third-order valence-electron chi connectivity index (χ3n) is 7.50. The van der Waals surface area contributed by atoms with Crippen LogP contribution in [0.1, 0.15) is 51.3 Å². The fourth-order valence-electron chi connectivity index (χ4n) is 5.49. The van der Waals surface area contributed by atoms with E-state index in [0.717, 1.165) is 16.8 Å². The van der Waals surface area contributed by atoms with Crippen molar-refractivity contribution in [3.63, 3.8) is 0 Å². The Morgan fingerprint density at radius 3 is 2.41 bits per heavy atom. The van der Waals surface area contributed by atoms with Crippen molar-refractivity contribution < 1.29 is 8.96 Å². The van der Waals surface area contributed by atoms with E-state index in [9.17, 15) is 0 Å². The van der Waals surface area contributed by atoms with Crippen molar-refractivity contribution in [3.05, 3.63) is 77.8 Å². The molecule has 0 fully saturated rings. The zero-order valence-corrected chi connectivity index (χ0v) is 16.7. The zero-order valence-electron chi connectivity index (χ0n) is 16.7. The molecule has 3 aromatic rings. The van der Waals surface area contributed by atoms with Crippen LogP contribution in [-0.2, 0) is 16.4 Å². The molecular formula is C25H25FN+. The molecule has 27 heavy (non-hydrogen) atoms. The van der Waals surface area contributed by atoms with Gasteiger partial charge in [-0.15, -0.1) is 0 Å². The fraction of sp³-hybridized carbons (Fsp3) is 0.320. The lowest BCUT2D eigenvalue weighted by atomic mass is 9.59. The normalized spacial score (nSPS) is 23.3. The summed E-state index contributed by atoms with van der Waals surface area (Å²) < 4.78 is 17.6. The van der Waals surface area contributed by atoms with Gasteiger partial charge in [0.15, 0.2) is 11.7 Å². The molecule has 1 aromatic heterocycles. The number of hydrogen-bond acceptors (Lipinski definition) is 0. The molecule has 5 rings (SSSR count). The number of benzene rings is 2. The molecule has 0 saturated heterocycles. The van der Waals surface area contributed by atoms with Gasteiger partial charge < -0.3 is 0 Å². The maximum Gasteiger partial charge on any atom is 0.222 e. The van der Waals surface area contributed by atoms with Gasteiger partial charge in [0.25, 0.3) is 0 Å². The first-order valence-electron chi connectivity index (χ1n) is 9.62. The van der Waals surface area contributed by atoms with E-state index < -0.39 is 0 Å². The second-order valence-electron chi connectivity index (χ2n) is 9.25. The van der Waals surface area contributed by atoms with Crippen LogP contribution in [0.5, 0.6) is 0 Å². The molecule has 0 spiro atoms. The summed E-state index contributed by atoms with van der Waals surface area (Å²) in [6.07, 6.45) is 4.20. The summed E-state index contributed by atoms with van der Waals surface area (Å²) in [5, 5.41) is 2.45. The van der Waals surface area contributed by atoms with Gasteiger partial charge in [-0.05, 0) is 42.5 Å². The van der Waals surface area contributed by atoms with Gasteiger partial charge in [0.2, 0.25) is 5.69 Å². The van der Waals surface area contributed by atoms with E-state index in [-0.39, 0.29) is 22.2 Å². The highest BCUT2D eigenvalue weighted by Crippen LogP contribution is 2.56. The Kier molecular flexibility index (Phi) is 2.89. The Morgan fingerprint density at radius 2 is 1.70 bits per heavy atom. The molecule has 2 aliphatic rings. The average molecular weight is 358 g/mol. The Hall–Kier alpha value is -2.48. The lowest BCUT2D eigenvalue weighted by Gasteiger charge is -2.46. The molecule has 0 saturated carbocycles. The monoisotopic (exact) mass is 358 g/mol. The molecule has 2 heterocycles. The molecule has 1 atom stereocenters. The van der Waals surface area contributed by atoms with E-state index in [4.69, 9.17) is 0 Å². The molecule has 1 aliphatic heterocycles. The third kappa shape index (κ3) is 1.64. The maximum atomic E-state index is 15.3. The predicted octanol–water partition coefficient (Wildman–Crippen LogP) is 5.77. The topological polar surface area (TPSA) is 3.88 Å². The van der Waals surface area contributed by atoms with Crippen molar-refractivity contribution in [2.75, 3.05) is 0 Å². The van der Waals surface area contributed by atoms with Crippen LogP contribution in [0.3, 0.4) is 0 Å². The average Bonchev–Trinajstić information content (AvgIpc) is 2.63. The number of aromatic nitrogens is 1. The van der Waals surface area contributed by atoms with Gasteiger partial charge in [0, 0.05) is 24.0 Å². The minimum Gasteiger partial charge on any atom is -0.207 e. The van der Waals surface area contributed by atoms with Gasteiger partial charge >= 0.3 is 0 Å². The van der Waals surface area contributed by atoms with Crippen molar-refractivity contribution in [1.82, 2.24) is 0 Å². The van der Waals surface area contributed by atoms with E-state index >= 15 is 4.39 Å². The summed E-state index contributed by atoms with van der Waals surface area (Å²) in [6.45, 7) is 15.2. The van der Waals surface area contributed by atoms with Crippen LogP contribution in [0.4, 0.5) is 4.39 Å². The third-order valence-corrected chi connectivity index (χ3v) is 7.50. The molecule has 2 aromatic carbocycles. The Bertz CT molecular complexity index is 1170. The molecule has 1 aliphatic carbocycles. The molecule has 136 valence electrons. The summed E-state index contributed by atoms with van der Waals surface area (Å²) in [4.78, 5) is 0. The van der Waals surface area contributed by atoms with Gasteiger partial charge in [-0.3, -0.25) is 0 Å². The second-order valence-corrected chi connectivity index (χ2v) is 9.25. The number of pyridine rings is 1. The summed E-state index contributed by atoms with van der Waals surface area (Å²) >= 11 is 0. The summed E-state index contributed by atoms with van der Waals surface area (Å²) in [7, 11) is 0. The SMILES string of the molecule is C=CC1(C)[n+]2ccc3cccc4c3c2-c2c(ccc(F)c2C4(C)C)C1(C)C. The van der Waals surface area contributed by atoms with E-state index in [2.05, 4.69) is 76.2 Å². The minimum atomic E-state index is -0.390. The zero-order chi connectivity index (χ0) is 19.4. The van der Waals surface area contributed by atoms with Gasteiger partial charge in [0.05, 0.1) is 16.4 Å². The van der Waals surface area contributed by atoms with Crippen LogP contribution in [0.2, 0.25) is 0 Å². The number of halogens is 1. The lowest BCUT2D eigenvalue weighted by Crippen LogP contribution is -2.66. The Morgan fingerprint density at radius 1 is 0.963 bits per heavy atom. The van der Waals surface area contributed by atoms with Gasteiger partial charge in [-0.2, -0.15) is 4.57 Å². The number of allylic oxidation sites excluding steroid dienone is 1. The highest BCUT2D eigenvalue weighted by Gasteiger charge is 2.57. The quantitative estimate of drug-likeness (QED) is 0.384. The van der Waals surface area contributed by atoms with Gasteiger partial charge in [-0.25, -0.2) is 4.39 Å². The smallest absolute Gasteiger partial charge is 0.207 e. The molecular weight excluding hydrogens is 333 g/mol. The number of rotatable bonds is 1. The molecule has 2 heteroatoms. The van der Waals surface area contributed by atoms with Crippen molar-refractivity contribution in [3.8, 4) is 11.3 Å². The second kappa shape index (κ2) is 4.67. The molecule has 1 nitrogen and oxygen atoms in total. The first-order valence-corrected chi connectivity index (χ1v) is 9.62. The van der Waals surface area contributed by atoms with Crippen LogP contribution in [0.25, 0.3) is 22.0 Å². The number of hydrogen-bond donors (Lipinski definition) is 0.